The molecule has 1 unspecified atom stereocenters. The van der Waals surface area contributed by atoms with Gasteiger partial charge < -0.3 is 20.1 Å². The van der Waals surface area contributed by atoms with Crippen LogP contribution >= 0.6 is 0 Å². The second-order valence-electron chi connectivity index (χ2n) is 4.92. The Morgan fingerprint density at radius 2 is 2.05 bits per heavy atom. The van der Waals surface area contributed by atoms with Gasteiger partial charge in [0, 0.05) is 27.2 Å². The molecule has 0 bridgehead atoms. The molecule has 1 aromatic rings. The van der Waals surface area contributed by atoms with Gasteiger partial charge in [-0.05, 0) is 24.5 Å². The summed E-state index contributed by atoms with van der Waals surface area (Å²) in [6, 6.07) is 7.72. The highest BCUT2D eigenvalue weighted by Crippen LogP contribution is 2.09. The minimum absolute atomic E-state index is 0.141. The molecule has 0 fully saturated rings. The number of carbonyl (C=O) groups is 1. The van der Waals surface area contributed by atoms with Crippen LogP contribution in [0.3, 0.4) is 0 Å². The van der Waals surface area contributed by atoms with Gasteiger partial charge in [0.05, 0.1) is 12.7 Å². The molecule has 0 spiro atoms. The van der Waals surface area contributed by atoms with Gasteiger partial charge in [-0.3, -0.25) is 0 Å². The van der Waals surface area contributed by atoms with E-state index >= 15 is 0 Å². The summed E-state index contributed by atoms with van der Waals surface area (Å²) in [7, 11) is 3.37. The summed E-state index contributed by atoms with van der Waals surface area (Å²) >= 11 is 0. The molecule has 0 saturated carbocycles. The summed E-state index contributed by atoms with van der Waals surface area (Å²) in [4.78, 5) is 13.5. The molecule has 1 atom stereocenters. The molecule has 0 radical (unpaired) electrons. The van der Waals surface area contributed by atoms with Crippen LogP contribution in [0.2, 0.25) is 0 Å². The van der Waals surface area contributed by atoms with E-state index in [9.17, 15) is 9.90 Å². The molecule has 1 rings (SSSR count). The maximum absolute atomic E-state index is 11.9. The lowest BCUT2D eigenvalue weighted by Gasteiger charge is -2.19. The first kappa shape index (κ1) is 16.5. The summed E-state index contributed by atoms with van der Waals surface area (Å²) in [5, 5.41) is 12.1. The molecular weight excluding hydrogens is 256 g/mol. The number of aliphatic hydroxyl groups is 1. The Kier molecular flexibility index (Phi) is 7.04. The number of amides is 2. The van der Waals surface area contributed by atoms with Crippen LogP contribution in [0.15, 0.2) is 24.3 Å². The third-order valence-corrected chi connectivity index (χ3v) is 3.08. The van der Waals surface area contributed by atoms with Gasteiger partial charge in [0.15, 0.2) is 0 Å². The van der Waals surface area contributed by atoms with Crippen molar-refractivity contribution in [2.75, 3.05) is 20.7 Å². The number of hydrogen-bond acceptors (Lipinski definition) is 3. The lowest BCUT2D eigenvalue weighted by molar-refractivity contribution is 0.163. The maximum Gasteiger partial charge on any atom is 0.317 e. The van der Waals surface area contributed by atoms with Gasteiger partial charge in [-0.1, -0.05) is 24.3 Å². The van der Waals surface area contributed by atoms with E-state index in [4.69, 9.17) is 4.74 Å². The molecule has 0 aromatic heterocycles. The SMILES string of the molecule is COCc1ccccc1CNC(=O)N(C)CCC(C)O. The fraction of sp³-hybridized carbons (Fsp3) is 0.533. The molecule has 2 amide bonds. The van der Waals surface area contributed by atoms with Crippen molar-refractivity contribution < 1.29 is 14.6 Å². The van der Waals surface area contributed by atoms with Crippen molar-refractivity contribution in [1.82, 2.24) is 10.2 Å². The molecule has 0 heterocycles. The number of rotatable bonds is 7. The van der Waals surface area contributed by atoms with Gasteiger partial charge >= 0.3 is 6.03 Å². The monoisotopic (exact) mass is 280 g/mol. The molecule has 0 saturated heterocycles. The van der Waals surface area contributed by atoms with Crippen molar-refractivity contribution in [3.8, 4) is 0 Å². The molecule has 2 N–H and O–H groups in total. The molecule has 20 heavy (non-hydrogen) atoms. The zero-order valence-electron chi connectivity index (χ0n) is 12.4. The zero-order valence-corrected chi connectivity index (χ0v) is 12.4. The number of methoxy groups -OCH3 is 1. The highest BCUT2D eigenvalue weighted by Gasteiger charge is 2.10. The average molecular weight is 280 g/mol. The van der Waals surface area contributed by atoms with Crippen LogP contribution in [0.5, 0.6) is 0 Å². The number of ether oxygens (including phenoxy) is 1. The standard InChI is InChI=1S/C15H24N2O3/c1-12(18)8-9-17(2)15(19)16-10-13-6-4-5-7-14(13)11-20-3/h4-7,12,18H,8-11H2,1-3H3,(H,16,19). The Labute approximate surface area is 120 Å². The first-order valence-electron chi connectivity index (χ1n) is 6.77. The number of urea groups is 1. The lowest BCUT2D eigenvalue weighted by atomic mass is 10.1. The minimum Gasteiger partial charge on any atom is -0.393 e. The van der Waals surface area contributed by atoms with Gasteiger partial charge in [-0.15, -0.1) is 0 Å². The lowest BCUT2D eigenvalue weighted by Crippen LogP contribution is -2.38. The molecule has 5 heteroatoms. The Bertz CT molecular complexity index is 421. The molecular formula is C15H24N2O3. The van der Waals surface area contributed by atoms with Crippen LogP contribution in [-0.2, 0) is 17.9 Å². The van der Waals surface area contributed by atoms with Crippen molar-refractivity contribution >= 4 is 6.03 Å². The van der Waals surface area contributed by atoms with E-state index in [1.54, 1.807) is 26.0 Å². The highest BCUT2D eigenvalue weighted by atomic mass is 16.5. The smallest absolute Gasteiger partial charge is 0.317 e. The van der Waals surface area contributed by atoms with Crippen LogP contribution in [0, 0.1) is 0 Å². The largest absolute Gasteiger partial charge is 0.393 e. The molecule has 112 valence electrons. The molecule has 1 aromatic carbocycles. The van der Waals surface area contributed by atoms with E-state index in [1.165, 1.54) is 0 Å². The van der Waals surface area contributed by atoms with E-state index in [0.29, 0.717) is 26.1 Å². The zero-order chi connectivity index (χ0) is 15.0. The predicted molar refractivity (Wildman–Crippen MR) is 78.3 cm³/mol. The number of benzene rings is 1. The summed E-state index contributed by atoms with van der Waals surface area (Å²) in [6.07, 6.45) is 0.178. The second kappa shape index (κ2) is 8.55. The first-order chi connectivity index (χ1) is 9.54. The summed E-state index contributed by atoms with van der Waals surface area (Å²) < 4.78 is 5.14. The fourth-order valence-corrected chi connectivity index (χ4v) is 1.81. The van der Waals surface area contributed by atoms with Crippen LogP contribution in [0.4, 0.5) is 4.79 Å². The topological polar surface area (TPSA) is 61.8 Å². The number of carbonyl (C=O) groups excluding carboxylic acids is 1. The van der Waals surface area contributed by atoms with Gasteiger partial charge in [-0.25, -0.2) is 4.79 Å². The molecule has 0 aliphatic heterocycles. The van der Waals surface area contributed by atoms with Crippen molar-refractivity contribution in [3.05, 3.63) is 35.4 Å². The number of nitrogens with one attached hydrogen (secondary N) is 1. The highest BCUT2D eigenvalue weighted by molar-refractivity contribution is 5.73. The van der Waals surface area contributed by atoms with E-state index in [1.807, 2.05) is 24.3 Å². The van der Waals surface area contributed by atoms with Gasteiger partial charge in [0.2, 0.25) is 0 Å². The Hall–Kier alpha value is -1.59. The van der Waals surface area contributed by atoms with Gasteiger partial charge in [0.25, 0.3) is 0 Å². The number of hydrogen-bond donors (Lipinski definition) is 2. The summed E-state index contributed by atoms with van der Waals surface area (Å²) in [6.45, 7) is 3.25. The van der Waals surface area contributed by atoms with Crippen LogP contribution in [0.25, 0.3) is 0 Å². The quantitative estimate of drug-likeness (QED) is 0.800. The molecule has 5 nitrogen and oxygen atoms in total. The average Bonchev–Trinajstić information content (AvgIpc) is 2.43. The Morgan fingerprint density at radius 3 is 2.65 bits per heavy atom. The van der Waals surface area contributed by atoms with Crippen molar-refractivity contribution in [1.29, 1.82) is 0 Å². The van der Waals surface area contributed by atoms with E-state index in [0.717, 1.165) is 11.1 Å². The fourth-order valence-electron chi connectivity index (χ4n) is 1.81. The summed E-state index contributed by atoms with van der Waals surface area (Å²) in [5.74, 6) is 0. The van der Waals surface area contributed by atoms with E-state index < -0.39 is 6.10 Å². The van der Waals surface area contributed by atoms with Gasteiger partial charge in [0.1, 0.15) is 0 Å². The second-order valence-corrected chi connectivity index (χ2v) is 4.92. The predicted octanol–water partition coefficient (Wildman–Crippen LogP) is 1.75. The Morgan fingerprint density at radius 1 is 1.40 bits per heavy atom. The van der Waals surface area contributed by atoms with E-state index in [2.05, 4.69) is 5.32 Å². The third-order valence-electron chi connectivity index (χ3n) is 3.08. The minimum atomic E-state index is -0.396. The summed E-state index contributed by atoms with van der Waals surface area (Å²) in [5.41, 5.74) is 2.12. The van der Waals surface area contributed by atoms with E-state index in [-0.39, 0.29) is 6.03 Å². The van der Waals surface area contributed by atoms with Crippen LogP contribution in [0.1, 0.15) is 24.5 Å². The van der Waals surface area contributed by atoms with Gasteiger partial charge in [-0.2, -0.15) is 0 Å². The molecule has 0 aliphatic carbocycles. The van der Waals surface area contributed by atoms with Crippen molar-refractivity contribution in [3.63, 3.8) is 0 Å². The number of nitrogens with zero attached hydrogens (tertiary/aromatic N) is 1. The third kappa shape index (κ3) is 5.59. The first-order valence-corrected chi connectivity index (χ1v) is 6.77. The number of aliphatic hydroxyl groups excluding tert-OH is 1. The van der Waals surface area contributed by atoms with Crippen LogP contribution in [-0.4, -0.2) is 42.8 Å². The van der Waals surface area contributed by atoms with Crippen molar-refractivity contribution in [2.24, 2.45) is 0 Å². The normalized spacial score (nSPS) is 12.0. The van der Waals surface area contributed by atoms with Crippen LogP contribution < -0.4 is 5.32 Å². The maximum atomic E-state index is 11.9. The Balaban J connectivity index is 2.48. The van der Waals surface area contributed by atoms with Crippen molar-refractivity contribution in [2.45, 2.75) is 32.6 Å². The molecule has 0 aliphatic rings.